The van der Waals surface area contributed by atoms with Gasteiger partial charge in [0.05, 0.1) is 0 Å². The van der Waals surface area contributed by atoms with Crippen molar-refractivity contribution in [1.82, 2.24) is 10.1 Å². The molecular formula is C23H23ClN2O. The minimum Gasteiger partial charge on any atom is -0.360 e. The van der Waals surface area contributed by atoms with Crippen LogP contribution >= 0.6 is 11.6 Å². The maximum Gasteiger partial charge on any atom is 0.142 e. The van der Waals surface area contributed by atoms with Gasteiger partial charge >= 0.3 is 0 Å². The number of hydrogen-bond acceptors (Lipinski definition) is 3. The number of rotatable bonds is 3. The zero-order valence-electron chi connectivity index (χ0n) is 17.9. The first-order chi connectivity index (χ1) is 14.4. The van der Waals surface area contributed by atoms with Gasteiger partial charge in [0.1, 0.15) is 11.5 Å². The van der Waals surface area contributed by atoms with Crippen molar-refractivity contribution in [3.63, 3.8) is 0 Å². The van der Waals surface area contributed by atoms with Crippen LogP contribution < -0.4 is 0 Å². The van der Waals surface area contributed by atoms with Gasteiger partial charge in [-0.2, -0.15) is 0 Å². The standard InChI is InChI=1S/C23H23ClN2O/c1-26-18-11-12-21(26)23(19(13-18)15-7-9-17(24)10-8-15)22-14-20(25-27-22)16-5-3-2-4-6-16/h2-10,14,18-19,21,23H,11-13H2,1H3/t18-,19+,21+,23-/m0/s1/i1D3. The fourth-order valence-electron chi connectivity index (χ4n) is 4.84. The van der Waals surface area contributed by atoms with Crippen molar-refractivity contribution in [3.05, 3.63) is 77.0 Å². The van der Waals surface area contributed by atoms with Crippen LogP contribution in [0.1, 0.15) is 46.5 Å². The molecule has 27 heavy (non-hydrogen) atoms. The number of hydrogen-bond donors (Lipinski definition) is 0. The Balaban J connectivity index is 1.57. The molecule has 4 atom stereocenters. The quantitative estimate of drug-likeness (QED) is 0.580. The first kappa shape index (κ1) is 14.0. The van der Waals surface area contributed by atoms with Gasteiger partial charge in [-0.05, 0) is 49.9 Å². The van der Waals surface area contributed by atoms with E-state index in [0.717, 1.165) is 36.3 Å². The molecule has 2 aromatic carbocycles. The Hall–Kier alpha value is -2.10. The van der Waals surface area contributed by atoms with Gasteiger partial charge in [-0.3, -0.25) is 4.90 Å². The smallest absolute Gasteiger partial charge is 0.142 e. The number of aromatic nitrogens is 1. The summed E-state index contributed by atoms with van der Waals surface area (Å²) in [6.07, 6.45) is 2.52. The fraction of sp³-hybridized carbons (Fsp3) is 0.348. The molecule has 1 aromatic heterocycles. The molecule has 3 nitrogen and oxygen atoms in total. The molecule has 2 aliphatic heterocycles. The maximum absolute atomic E-state index is 8.11. The van der Waals surface area contributed by atoms with Crippen LogP contribution in [0.25, 0.3) is 11.3 Å². The monoisotopic (exact) mass is 381 g/mol. The van der Waals surface area contributed by atoms with Gasteiger partial charge < -0.3 is 4.52 Å². The van der Waals surface area contributed by atoms with Crippen LogP contribution in [0.5, 0.6) is 0 Å². The predicted octanol–water partition coefficient (Wildman–Crippen LogP) is 5.73. The highest BCUT2D eigenvalue weighted by Crippen LogP contribution is 2.51. The lowest BCUT2D eigenvalue weighted by molar-refractivity contribution is 0.122. The van der Waals surface area contributed by atoms with Gasteiger partial charge in [0.25, 0.3) is 0 Å². The van der Waals surface area contributed by atoms with E-state index in [2.05, 4.69) is 17.3 Å². The fourth-order valence-corrected chi connectivity index (χ4v) is 4.96. The summed E-state index contributed by atoms with van der Waals surface area (Å²) >= 11 is 6.12. The number of benzene rings is 2. The molecule has 2 aliphatic rings. The van der Waals surface area contributed by atoms with E-state index in [1.807, 2.05) is 48.5 Å². The van der Waals surface area contributed by atoms with Crippen molar-refractivity contribution in [2.75, 3.05) is 6.98 Å². The van der Waals surface area contributed by atoms with Crippen LogP contribution in [0.3, 0.4) is 0 Å². The highest BCUT2D eigenvalue weighted by atomic mass is 35.5. The summed E-state index contributed by atoms with van der Waals surface area (Å²) < 4.78 is 30.2. The predicted molar refractivity (Wildman–Crippen MR) is 108 cm³/mol. The van der Waals surface area contributed by atoms with E-state index in [9.17, 15) is 0 Å². The third-order valence-corrected chi connectivity index (χ3v) is 6.40. The van der Waals surface area contributed by atoms with E-state index in [1.165, 1.54) is 5.56 Å². The summed E-state index contributed by atoms with van der Waals surface area (Å²) in [6, 6.07) is 19.8. The van der Waals surface area contributed by atoms with Crippen LogP contribution in [0.2, 0.25) is 5.02 Å². The summed E-state index contributed by atoms with van der Waals surface area (Å²) in [4.78, 5) is 1.74. The minimum atomic E-state index is -2.11. The van der Waals surface area contributed by atoms with E-state index in [1.54, 1.807) is 4.90 Å². The molecule has 0 aliphatic carbocycles. The van der Waals surface area contributed by atoms with Crippen molar-refractivity contribution in [2.45, 2.75) is 43.2 Å². The Morgan fingerprint density at radius 2 is 1.93 bits per heavy atom. The average molecular weight is 382 g/mol. The molecule has 4 heteroatoms. The van der Waals surface area contributed by atoms with Crippen molar-refractivity contribution in [3.8, 4) is 11.3 Å². The van der Waals surface area contributed by atoms with E-state index in [0.29, 0.717) is 5.02 Å². The molecule has 2 fully saturated rings. The Morgan fingerprint density at radius 1 is 1.11 bits per heavy atom. The Morgan fingerprint density at radius 3 is 2.70 bits per heavy atom. The Labute approximate surface area is 169 Å². The van der Waals surface area contributed by atoms with E-state index in [-0.39, 0.29) is 23.9 Å². The third-order valence-electron chi connectivity index (χ3n) is 6.15. The molecule has 2 saturated heterocycles. The van der Waals surface area contributed by atoms with Crippen LogP contribution in [0.4, 0.5) is 0 Å². The van der Waals surface area contributed by atoms with Gasteiger partial charge in [0, 0.05) is 38.8 Å². The molecule has 0 radical (unpaired) electrons. The lowest BCUT2D eigenvalue weighted by Gasteiger charge is -2.42. The molecule has 0 N–H and O–H groups in total. The number of likely N-dealkylation sites (N-methyl/N-ethyl adjacent to an activating group) is 1. The van der Waals surface area contributed by atoms with Crippen molar-refractivity contribution in [1.29, 1.82) is 0 Å². The van der Waals surface area contributed by atoms with E-state index < -0.39 is 6.98 Å². The summed E-state index contributed by atoms with van der Waals surface area (Å²) in [6.45, 7) is -2.11. The summed E-state index contributed by atoms with van der Waals surface area (Å²) in [5.41, 5.74) is 2.94. The molecule has 3 aromatic rings. The summed E-state index contributed by atoms with van der Waals surface area (Å²) in [5.74, 6) is 0.846. The lowest BCUT2D eigenvalue weighted by Crippen LogP contribution is -2.44. The Kier molecular flexibility index (Phi) is 3.53. The minimum absolute atomic E-state index is 0.0518. The van der Waals surface area contributed by atoms with Gasteiger partial charge in [-0.25, -0.2) is 0 Å². The van der Waals surface area contributed by atoms with Crippen LogP contribution in [-0.2, 0) is 0 Å². The normalized spacial score (nSPS) is 29.9. The van der Waals surface area contributed by atoms with Crippen molar-refractivity contribution >= 4 is 11.6 Å². The zero-order chi connectivity index (χ0) is 20.9. The highest BCUT2D eigenvalue weighted by Gasteiger charge is 2.48. The molecule has 5 rings (SSSR count). The maximum atomic E-state index is 8.11. The van der Waals surface area contributed by atoms with Gasteiger partial charge in [-0.1, -0.05) is 59.2 Å². The van der Waals surface area contributed by atoms with E-state index in [4.69, 9.17) is 20.2 Å². The summed E-state index contributed by atoms with van der Waals surface area (Å²) in [5, 5.41) is 5.02. The van der Waals surface area contributed by atoms with E-state index >= 15 is 0 Å². The number of piperidine rings is 1. The van der Waals surface area contributed by atoms with Crippen molar-refractivity contribution < 1.29 is 8.64 Å². The number of halogens is 1. The largest absolute Gasteiger partial charge is 0.360 e. The highest BCUT2D eigenvalue weighted by molar-refractivity contribution is 6.30. The van der Waals surface area contributed by atoms with Gasteiger partial charge in [0.15, 0.2) is 0 Å². The molecule has 0 unspecified atom stereocenters. The zero-order valence-corrected chi connectivity index (χ0v) is 15.6. The average Bonchev–Trinajstić information content (AvgIpc) is 3.34. The van der Waals surface area contributed by atoms with Crippen molar-refractivity contribution in [2.24, 2.45) is 0 Å². The summed E-state index contributed by atoms with van der Waals surface area (Å²) in [7, 11) is 0. The molecule has 0 amide bonds. The van der Waals surface area contributed by atoms with Crippen LogP contribution in [0, 0.1) is 0 Å². The second kappa shape index (κ2) is 6.81. The molecule has 2 bridgehead atoms. The first-order valence-electron chi connectivity index (χ1n) is 11.0. The second-order valence-corrected chi connectivity index (χ2v) is 8.04. The number of nitrogens with zero attached hydrogens (tertiary/aromatic N) is 2. The lowest BCUT2D eigenvalue weighted by atomic mass is 9.75. The van der Waals surface area contributed by atoms with Crippen LogP contribution in [-0.4, -0.2) is 29.1 Å². The number of fused-ring (bicyclic) bond motifs is 2. The molecule has 0 spiro atoms. The van der Waals surface area contributed by atoms with Gasteiger partial charge in [0.2, 0.25) is 0 Å². The molecule has 138 valence electrons. The molecular weight excluding hydrogens is 356 g/mol. The van der Waals surface area contributed by atoms with Crippen LogP contribution in [0.15, 0.2) is 65.2 Å². The Bertz CT molecular complexity index is 1020. The SMILES string of the molecule is [2H]C([2H])([2H])N1[C@H]2CC[C@@H]1[C@@H](c1cc(-c3ccccc3)no1)[C@@H](c1ccc(Cl)cc1)C2. The topological polar surface area (TPSA) is 29.3 Å². The molecule has 3 heterocycles. The van der Waals surface area contributed by atoms with Gasteiger partial charge in [-0.15, -0.1) is 0 Å². The second-order valence-electron chi connectivity index (χ2n) is 7.61. The molecule has 0 saturated carbocycles. The first-order valence-corrected chi connectivity index (χ1v) is 9.85. The third kappa shape index (κ3) is 2.99.